The third-order valence-corrected chi connectivity index (χ3v) is 5.74. The molecule has 1 fully saturated rings. The summed E-state index contributed by atoms with van der Waals surface area (Å²) in [4.78, 5) is 13.2. The van der Waals surface area contributed by atoms with Gasteiger partial charge in [-0.25, -0.2) is 13.2 Å². The molecule has 1 amide bonds. The molecule has 0 atom stereocenters. The van der Waals surface area contributed by atoms with Gasteiger partial charge < -0.3 is 9.64 Å². The second-order valence-corrected chi connectivity index (χ2v) is 7.43. The number of anilines is 1. The summed E-state index contributed by atoms with van der Waals surface area (Å²) in [6.45, 7) is 1.06. The van der Waals surface area contributed by atoms with Crippen LogP contribution in [0.15, 0.2) is 18.2 Å². The number of ether oxygens (including phenoxy) is 1. The molecule has 2 aliphatic rings. The van der Waals surface area contributed by atoms with E-state index < -0.39 is 10.0 Å². The number of rotatable bonds is 3. The fourth-order valence-corrected chi connectivity index (χ4v) is 3.91. The minimum atomic E-state index is -3.26. The van der Waals surface area contributed by atoms with Crippen LogP contribution in [-0.4, -0.2) is 38.3 Å². The van der Waals surface area contributed by atoms with Crippen LogP contribution in [0.4, 0.5) is 10.5 Å². The molecule has 0 saturated heterocycles. The number of sulfonamides is 1. The van der Waals surface area contributed by atoms with Crippen molar-refractivity contribution in [1.82, 2.24) is 4.90 Å². The van der Waals surface area contributed by atoms with Crippen LogP contribution in [0.3, 0.4) is 0 Å². The Bertz CT molecular complexity index is 668. The number of methoxy groups -OCH3 is 1. The van der Waals surface area contributed by atoms with Crippen LogP contribution in [0, 0.1) is 0 Å². The van der Waals surface area contributed by atoms with Crippen LogP contribution < -0.4 is 4.72 Å². The molecule has 21 heavy (non-hydrogen) atoms. The lowest BCUT2D eigenvalue weighted by molar-refractivity contribution is 0.118. The van der Waals surface area contributed by atoms with Crippen LogP contribution in [0.25, 0.3) is 0 Å². The molecule has 0 bridgehead atoms. The first-order valence-corrected chi connectivity index (χ1v) is 8.50. The minimum Gasteiger partial charge on any atom is -0.453 e. The Morgan fingerprint density at radius 2 is 2.10 bits per heavy atom. The SMILES string of the molecule is COC(=O)N1CCc2ccc(NS(=O)(=O)C3CC3)cc2C1. The van der Waals surface area contributed by atoms with E-state index in [1.807, 2.05) is 12.1 Å². The second kappa shape index (κ2) is 5.22. The van der Waals surface area contributed by atoms with Crippen molar-refractivity contribution in [1.29, 1.82) is 0 Å². The highest BCUT2D eigenvalue weighted by Gasteiger charge is 2.35. The maximum absolute atomic E-state index is 12.0. The lowest BCUT2D eigenvalue weighted by Crippen LogP contribution is -2.35. The molecule has 0 unspecified atom stereocenters. The van der Waals surface area contributed by atoms with Crippen LogP contribution in [0.5, 0.6) is 0 Å². The topological polar surface area (TPSA) is 75.7 Å². The quantitative estimate of drug-likeness (QED) is 0.922. The predicted octanol–water partition coefficient (Wildman–Crippen LogP) is 1.72. The van der Waals surface area contributed by atoms with Crippen molar-refractivity contribution in [3.63, 3.8) is 0 Å². The highest BCUT2D eigenvalue weighted by molar-refractivity contribution is 7.93. The van der Waals surface area contributed by atoms with Gasteiger partial charge in [-0.3, -0.25) is 4.72 Å². The van der Waals surface area contributed by atoms with Crippen molar-refractivity contribution in [2.24, 2.45) is 0 Å². The number of carbonyl (C=O) groups excluding carboxylic acids is 1. The Hall–Kier alpha value is -1.76. The summed E-state index contributed by atoms with van der Waals surface area (Å²) in [5, 5.41) is -0.250. The average Bonchev–Trinajstić information content (AvgIpc) is 3.30. The first-order valence-electron chi connectivity index (χ1n) is 6.96. The number of fused-ring (bicyclic) bond motifs is 1. The van der Waals surface area contributed by atoms with Crippen molar-refractivity contribution in [2.45, 2.75) is 31.1 Å². The van der Waals surface area contributed by atoms with Crippen molar-refractivity contribution in [3.8, 4) is 0 Å². The molecular weight excluding hydrogens is 292 g/mol. The van der Waals surface area contributed by atoms with Gasteiger partial charge in [-0.2, -0.15) is 0 Å². The summed E-state index contributed by atoms with van der Waals surface area (Å²) in [5.41, 5.74) is 2.67. The maximum Gasteiger partial charge on any atom is 0.409 e. The summed E-state index contributed by atoms with van der Waals surface area (Å²) in [6.07, 6.45) is 1.86. The average molecular weight is 310 g/mol. The number of benzene rings is 1. The Kier molecular flexibility index (Phi) is 3.52. The smallest absolute Gasteiger partial charge is 0.409 e. The van der Waals surface area contributed by atoms with Gasteiger partial charge in [0.1, 0.15) is 0 Å². The summed E-state index contributed by atoms with van der Waals surface area (Å²) in [7, 11) is -1.90. The molecular formula is C14H18N2O4S. The summed E-state index contributed by atoms with van der Waals surface area (Å²) in [6, 6.07) is 5.52. The van der Waals surface area contributed by atoms with E-state index in [4.69, 9.17) is 4.74 Å². The van der Waals surface area contributed by atoms with Gasteiger partial charge in [-0.05, 0) is 42.5 Å². The van der Waals surface area contributed by atoms with E-state index in [1.54, 1.807) is 11.0 Å². The Morgan fingerprint density at radius 3 is 2.76 bits per heavy atom. The summed E-state index contributed by atoms with van der Waals surface area (Å²) >= 11 is 0. The van der Waals surface area contributed by atoms with E-state index in [0.29, 0.717) is 18.8 Å². The van der Waals surface area contributed by atoms with Crippen molar-refractivity contribution in [3.05, 3.63) is 29.3 Å². The molecule has 0 aromatic heterocycles. The third-order valence-electron chi connectivity index (χ3n) is 3.87. The van der Waals surface area contributed by atoms with Gasteiger partial charge >= 0.3 is 6.09 Å². The van der Waals surface area contributed by atoms with Crippen LogP contribution in [0.2, 0.25) is 0 Å². The van der Waals surface area contributed by atoms with Gasteiger partial charge in [0, 0.05) is 18.8 Å². The molecule has 6 nitrogen and oxygen atoms in total. The first kappa shape index (κ1) is 14.2. The number of nitrogens with one attached hydrogen (secondary N) is 1. The number of amides is 1. The van der Waals surface area contributed by atoms with E-state index in [-0.39, 0.29) is 11.3 Å². The van der Waals surface area contributed by atoms with Gasteiger partial charge in [0.25, 0.3) is 0 Å². The predicted molar refractivity (Wildman–Crippen MR) is 78.5 cm³/mol. The standard InChI is InChI=1S/C14H18N2O4S/c1-20-14(17)16-7-6-10-2-3-12(8-11(10)9-16)15-21(18,19)13-4-5-13/h2-3,8,13,15H,4-7,9H2,1H3. The summed E-state index contributed by atoms with van der Waals surface area (Å²) < 4.78 is 31.3. The third kappa shape index (κ3) is 2.97. The molecule has 1 saturated carbocycles. The zero-order chi connectivity index (χ0) is 15.0. The largest absolute Gasteiger partial charge is 0.453 e. The Morgan fingerprint density at radius 1 is 1.33 bits per heavy atom. The maximum atomic E-state index is 12.0. The second-order valence-electron chi connectivity index (χ2n) is 5.47. The number of carbonyl (C=O) groups is 1. The fraction of sp³-hybridized carbons (Fsp3) is 0.500. The molecule has 1 aliphatic heterocycles. The molecule has 114 valence electrons. The zero-order valence-corrected chi connectivity index (χ0v) is 12.6. The lowest BCUT2D eigenvalue weighted by atomic mass is 9.99. The molecule has 1 N–H and O–H groups in total. The van der Waals surface area contributed by atoms with E-state index in [9.17, 15) is 13.2 Å². The van der Waals surface area contributed by atoms with Crippen LogP contribution >= 0.6 is 0 Å². The van der Waals surface area contributed by atoms with Crippen LogP contribution in [0.1, 0.15) is 24.0 Å². The van der Waals surface area contributed by atoms with Gasteiger partial charge in [0.15, 0.2) is 0 Å². The Balaban J connectivity index is 1.79. The molecule has 1 heterocycles. The normalized spacial score (nSPS) is 18.0. The van der Waals surface area contributed by atoms with E-state index >= 15 is 0 Å². The van der Waals surface area contributed by atoms with Gasteiger partial charge in [-0.15, -0.1) is 0 Å². The molecule has 7 heteroatoms. The molecule has 3 rings (SSSR count). The molecule has 1 aliphatic carbocycles. The van der Waals surface area contributed by atoms with Crippen molar-refractivity contribution in [2.75, 3.05) is 18.4 Å². The molecule has 1 aromatic carbocycles. The van der Waals surface area contributed by atoms with Crippen molar-refractivity contribution < 1.29 is 17.9 Å². The van der Waals surface area contributed by atoms with E-state index in [1.165, 1.54) is 7.11 Å². The molecule has 0 radical (unpaired) electrons. The lowest BCUT2D eigenvalue weighted by Gasteiger charge is -2.28. The fourth-order valence-electron chi connectivity index (χ4n) is 2.53. The van der Waals surface area contributed by atoms with Gasteiger partial charge in [0.05, 0.1) is 12.4 Å². The zero-order valence-electron chi connectivity index (χ0n) is 11.8. The monoisotopic (exact) mass is 310 g/mol. The van der Waals surface area contributed by atoms with E-state index in [2.05, 4.69) is 4.72 Å². The number of hydrogen-bond acceptors (Lipinski definition) is 4. The highest BCUT2D eigenvalue weighted by atomic mass is 32.2. The Labute approximate surface area is 124 Å². The van der Waals surface area contributed by atoms with Gasteiger partial charge in [-0.1, -0.05) is 6.07 Å². The van der Waals surface area contributed by atoms with E-state index in [0.717, 1.165) is 30.4 Å². The van der Waals surface area contributed by atoms with Gasteiger partial charge in [0.2, 0.25) is 10.0 Å². The molecule has 1 aromatic rings. The number of nitrogens with zero attached hydrogens (tertiary/aromatic N) is 1. The minimum absolute atomic E-state index is 0.250. The first-order chi connectivity index (χ1) is 9.99. The molecule has 0 spiro atoms. The highest BCUT2D eigenvalue weighted by Crippen LogP contribution is 2.30. The van der Waals surface area contributed by atoms with Crippen molar-refractivity contribution >= 4 is 21.8 Å². The number of hydrogen-bond donors (Lipinski definition) is 1. The van der Waals surface area contributed by atoms with Crippen LogP contribution in [-0.2, 0) is 27.7 Å². The summed E-state index contributed by atoms with van der Waals surface area (Å²) in [5.74, 6) is 0.